The summed E-state index contributed by atoms with van der Waals surface area (Å²) >= 11 is 0. The third-order valence-electron chi connectivity index (χ3n) is 2.36. The third-order valence-corrected chi connectivity index (χ3v) is 2.36. The Bertz CT molecular complexity index is 155. The molecule has 0 aliphatic carbocycles. The van der Waals surface area contributed by atoms with Crippen molar-refractivity contribution in [3.05, 3.63) is 0 Å². The number of hydrogen-bond acceptors (Lipinski definition) is 3. The number of nitrogens with one attached hydrogen (secondary N) is 1. The molecule has 1 fully saturated rings. The number of carbonyl (C=O) groups is 1. The highest BCUT2D eigenvalue weighted by atomic mass is 16.1. The van der Waals surface area contributed by atoms with Gasteiger partial charge in [-0.15, -0.1) is 0 Å². The van der Waals surface area contributed by atoms with Crippen LogP contribution in [0.3, 0.4) is 0 Å². The summed E-state index contributed by atoms with van der Waals surface area (Å²) in [6.45, 7) is 4.41. The van der Waals surface area contributed by atoms with Crippen molar-refractivity contribution in [1.29, 1.82) is 0 Å². The smallest absolute Gasteiger partial charge is 0.233 e. The van der Waals surface area contributed by atoms with Gasteiger partial charge in [-0.3, -0.25) is 4.79 Å². The van der Waals surface area contributed by atoms with Gasteiger partial charge >= 0.3 is 0 Å². The first-order valence-electron chi connectivity index (χ1n) is 5.02. The van der Waals surface area contributed by atoms with Crippen molar-refractivity contribution in [1.82, 2.24) is 10.2 Å². The molecule has 0 aromatic rings. The van der Waals surface area contributed by atoms with Crippen molar-refractivity contribution in [3.8, 4) is 0 Å². The third kappa shape index (κ3) is 4.24. The van der Waals surface area contributed by atoms with Crippen LogP contribution in [0.2, 0.25) is 0 Å². The topological polar surface area (TPSA) is 58.4 Å². The maximum atomic E-state index is 10.8. The van der Waals surface area contributed by atoms with Gasteiger partial charge in [-0.05, 0) is 38.9 Å². The fraction of sp³-hybridized carbons (Fsp3) is 0.889. The largest absolute Gasteiger partial charge is 0.355 e. The molecule has 76 valence electrons. The van der Waals surface area contributed by atoms with Gasteiger partial charge in [0.25, 0.3) is 0 Å². The van der Waals surface area contributed by atoms with Crippen molar-refractivity contribution in [2.24, 2.45) is 5.73 Å². The van der Waals surface area contributed by atoms with E-state index >= 15 is 0 Å². The van der Waals surface area contributed by atoms with Crippen LogP contribution in [0.25, 0.3) is 0 Å². The average molecular weight is 185 g/mol. The van der Waals surface area contributed by atoms with Crippen molar-refractivity contribution in [2.45, 2.75) is 19.3 Å². The van der Waals surface area contributed by atoms with E-state index in [-0.39, 0.29) is 12.5 Å². The fourth-order valence-corrected chi connectivity index (χ4v) is 1.61. The van der Waals surface area contributed by atoms with E-state index in [4.69, 9.17) is 5.73 Å². The standard InChI is InChI=1S/C9H19N3O/c10-8-9(13)11-4-3-7-12-5-1-2-6-12/h1-8,10H2,(H,11,13). The predicted octanol–water partition coefficient (Wildman–Crippen LogP) is -0.453. The van der Waals surface area contributed by atoms with E-state index in [1.54, 1.807) is 0 Å². The van der Waals surface area contributed by atoms with E-state index in [0.717, 1.165) is 19.5 Å². The van der Waals surface area contributed by atoms with Gasteiger partial charge in [0.2, 0.25) is 5.91 Å². The van der Waals surface area contributed by atoms with Crippen LogP contribution >= 0.6 is 0 Å². The lowest BCUT2D eigenvalue weighted by atomic mass is 10.4. The van der Waals surface area contributed by atoms with E-state index in [9.17, 15) is 4.79 Å². The summed E-state index contributed by atoms with van der Waals surface area (Å²) in [5.74, 6) is -0.0542. The Kier molecular flexibility index (Phi) is 4.78. The minimum Gasteiger partial charge on any atom is -0.355 e. The second-order valence-corrected chi connectivity index (χ2v) is 3.46. The van der Waals surface area contributed by atoms with E-state index in [1.165, 1.54) is 25.9 Å². The molecule has 0 saturated carbocycles. The summed E-state index contributed by atoms with van der Waals surface area (Å²) in [6, 6.07) is 0. The summed E-state index contributed by atoms with van der Waals surface area (Å²) in [5.41, 5.74) is 5.15. The lowest BCUT2D eigenvalue weighted by Gasteiger charge is -2.13. The van der Waals surface area contributed by atoms with Crippen LogP contribution in [0.5, 0.6) is 0 Å². The van der Waals surface area contributed by atoms with Gasteiger partial charge in [0.05, 0.1) is 6.54 Å². The van der Waals surface area contributed by atoms with Gasteiger partial charge in [-0.25, -0.2) is 0 Å². The normalized spacial score (nSPS) is 17.6. The number of amides is 1. The van der Waals surface area contributed by atoms with Gasteiger partial charge in [0.15, 0.2) is 0 Å². The lowest BCUT2D eigenvalue weighted by Crippen LogP contribution is -2.32. The molecule has 1 amide bonds. The molecule has 0 spiro atoms. The molecule has 0 aromatic carbocycles. The average Bonchev–Trinajstić information content (AvgIpc) is 2.64. The van der Waals surface area contributed by atoms with Gasteiger partial charge in [-0.1, -0.05) is 0 Å². The fourth-order valence-electron chi connectivity index (χ4n) is 1.61. The van der Waals surface area contributed by atoms with Crippen molar-refractivity contribution < 1.29 is 4.79 Å². The molecule has 1 aliphatic rings. The Morgan fingerprint density at radius 1 is 1.38 bits per heavy atom. The van der Waals surface area contributed by atoms with Crippen molar-refractivity contribution >= 4 is 5.91 Å². The van der Waals surface area contributed by atoms with Gasteiger partial charge < -0.3 is 16.0 Å². The molecule has 3 N–H and O–H groups in total. The molecule has 13 heavy (non-hydrogen) atoms. The first-order chi connectivity index (χ1) is 6.33. The molecular weight excluding hydrogens is 166 g/mol. The number of hydrogen-bond donors (Lipinski definition) is 2. The van der Waals surface area contributed by atoms with E-state index < -0.39 is 0 Å². The van der Waals surface area contributed by atoms with E-state index in [2.05, 4.69) is 10.2 Å². The Labute approximate surface area is 79.5 Å². The van der Waals surface area contributed by atoms with Crippen molar-refractivity contribution in [3.63, 3.8) is 0 Å². The first kappa shape index (κ1) is 10.5. The number of likely N-dealkylation sites (tertiary alicyclic amines) is 1. The molecule has 1 saturated heterocycles. The summed E-state index contributed by atoms with van der Waals surface area (Å²) in [7, 11) is 0. The molecule has 0 unspecified atom stereocenters. The van der Waals surface area contributed by atoms with Gasteiger partial charge in [0.1, 0.15) is 0 Å². The van der Waals surface area contributed by atoms with Crippen LogP contribution in [0.1, 0.15) is 19.3 Å². The maximum Gasteiger partial charge on any atom is 0.233 e. The van der Waals surface area contributed by atoms with E-state index in [0.29, 0.717) is 0 Å². The molecule has 1 aliphatic heterocycles. The molecular formula is C9H19N3O. The second-order valence-electron chi connectivity index (χ2n) is 3.46. The Hall–Kier alpha value is -0.610. The zero-order valence-electron chi connectivity index (χ0n) is 8.09. The Morgan fingerprint density at radius 2 is 2.08 bits per heavy atom. The van der Waals surface area contributed by atoms with Crippen LogP contribution < -0.4 is 11.1 Å². The summed E-state index contributed by atoms with van der Waals surface area (Å²) < 4.78 is 0. The molecule has 0 bridgehead atoms. The number of carbonyl (C=O) groups excluding carboxylic acids is 1. The lowest BCUT2D eigenvalue weighted by molar-refractivity contribution is -0.119. The summed E-state index contributed by atoms with van der Waals surface area (Å²) in [5, 5.41) is 2.77. The van der Waals surface area contributed by atoms with Crippen molar-refractivity contribution in [2.75, 3.05) is 32.7 Å². The molecule has 4 heteroatoms. The van der Waals surface area contributed by atoms with Crippen LogP contribution in [-0.2, 0) is 4.79 Å². The number of nitrogens with zero attached hydrogens (tertiary/aromatic N) is 1. The molecule has 0 aromatic heterocycles. The molecule has 0 radical (unpaired) electrons. The highest BCUT2D eigenvalue weighted by Crippen LogP contribution is 2.06. The summed E-state index contributed by atoms with van der Waals surface area (Å²) in [6.07, 6.45) is 3.69. The molecule has 4 nitrogen and oxygen atoms in total. The second kappa shape index (κ2) is 5.94. The highest BCUT2D eigenvalue weighted by molar-refractivity contribution is 5.77. The number of nitrogens with two attached hydrogens (primary N) is 1. The van der Waals surface area contributed by atoms with Gasteiger partial charge in [0, 0.05) is 6.54 Å². The highest BCUT2D eigenvalue weighted by Gasteiger charge is 2.09. The maximum absolute atomic E-state index is 10.8. The minimum absolute atomic E-state index is 0.0542. The summed E-state index contributed by atoms with van der Waals surface area (Å²) in [4.78, 5) is 13.2. The molecule has 0 atom stereocenters. The van der Waals surface area contributed by atoms with Crippen LogP contribution in [0.15, 0.2) is 0 Å². The monoisotopic (exact) mass is 185 g/mol. The Morgan fingerprint density at radius 3 is 2.69 bits per heavy atom. The number of rotatable bonds is 5. The van der Waals surface area contributed by atoms with Gasteiger partial charge in [-0.2, -0.15) is 0 Å². The van der Waals surface area contributed by atoms with E-state index in [1.807, 2.05) is 0 Å². The van der Waals surface area contributed by atoms with Crippen LogP contribution in [0.4, 0.5) is 0 Å². The first-order valence-corrected chi connectivity index (χ1v) is 5.02. The predicted molar refractivity (Wildman–Crippen MR) is 52.4 cm³/mol. The molecule has 1 heterocycles. The SMILES string of the molecule is NCC(=O)NCCCN1CCCC1. The Balaban J connectivity index is 1.91. The zero-order chi connectivity index (χ0) is 9.52. The van der Waals surface area contributed by atoms with Crippen LogP contribution in [0, 0.1) is 0 Å². The van der Waals surface area contributed by atoms with Crippen LogP contribution in [-0.4, -0.2) is 43.5 Å². The zero-order valence-corrected chi connectivity index (χ0v) is 8.09. The molecule has 1 rings (SSSR count). The quantitative estimate of drug-likeness (QED) is 0.570. The minimum atomic E-state index is -0.0542.